The van der Waals surface area contributed by atoms with Gasteiger partial charge in [-0.25, -0.2) is 9.79 Å². The SMILES string of the molecule is CC(=O)N[C@H]1[C@H]([C@H](O)[C@H](O)CO)OC(C(=O)O)=C[C@@H]1NC(=O)C(C)N=C(N)N. The molecule has 13 heteroatoms. The molecule has 158 valence electrons. The largest absolute Gasteiger partial charge is 0.478 e. The van der Waals surface area contributed by atoms with E-state index in [1.807, 2.05) is 0 Å². The lowest BCUT2D eigenvalue weighted by Crippen LogP contribution is -2.64. The molecule has 0 saturated carbocycles. The van der Waals surface area contributed by atoms with Crippen LogP contribution >= 0.6 is 0 Å². The molecule has 10 N–H and O–H groups in total. The third-order valence-corrected chi connectivity index (χ3v) is 3.86. The molecule has 1 aliphatic rings. The highest BCUT2D eigenvalue weighted by Gasteiger charge is 2.44. The Morgan fingerprint density at radius 3 is 2.36 bits per heavy atom. The average Bonchev–Trinajstić information content (AvgIpc) is 2.60. The summed E-state index contributed by atoms with van der Waals surface area (Å²) in [4.78, 5) is 38.9. The van der Waals surface area contributed by atoms with Gasteiger partial charge in [0, 0.05) is 6.92 Å². The number of carbonyl (C=O) groups is 3. The van der Waals surface area contributed by atoms with Gasteiger partial charge in [0.15, 0.2) is 5.96 Å². The molecular weight excluding hydrogens is 378 g/mol. The summed E-state index contributed by atoms with van der Waals surface area (Å²) < 4.78 is 5.19. The number of ether oxygens (including phenoxy) is 1. The molecule has 0 saturated heterocycles. The molecule has 13 nitrogen and oxygen atoms in total. The van der Waals surface area contributed by atoms with Gasteiger partial charge in [0.1, 0.15) is 24.4 Å². The number of carbonyl (C=O) groups excluding carboxylic acids is 2. The zero-order valence-corrected chi connectivity index (χ0v) is 15.3. The zero-order chi connectivity index (χ0) is 21.6. The van der Waals surface area contributed by atoms with E-state index < -0.39 is 66.6 Å². The number of hydrogen-bond donors (Lipinski definition) is 8. The van der Waals surface area contributed by atoms with Crippen molar-refractivity contribution < 1.29 is 39.5 Å². The van der Waals surface area contributed by atoms with Crippen molar-refractivity contribution in [2.45, 2.75) is 50.3 Å². The Morgan fingerprint density at radius 1 is 1.29 bits per heavy atom. The number of aliphatic hydroxyl groups is 3. The van der Waals surface area contributed by atoms with Crippen LogP contribution in [0.2, 0.25) is 0 Å². The van der Waals surface area contributed by atoms with Gasteiger partial charge in [-0.2, -0.15) is 0 Å². The van der Waals surface area contributed by atoms with Crippen molar-refractivity contribution in [1.82, 2.24) is 10.6 Å². The zero-order valence-electron chi connectivity index (χ0n) is 15.3. The van der Waals surface area contributed by atoms with Crippen molar-refractivity contribution >= 4 is 23.7 Å². The van der Waals surface area contributed by atoms with Crippen LogP contribution in [0.4, 0.5) is 0 Å². The maximum atomic E-state index is 12.3. The van der Waals surface area contributed by atoms with Gasteiger partial charge in [-0.3, -0.25) is 9.59 Å². The molecule has 1 unspecified atom stereocenters. The predicted octanol–water partition coefficient (Wildman–Crippen LogP) is -4.28. The highest BCUT2D eigenvalue weighted by atomic mass is 16.5. The molecule has 0 bridgehead atoms. The lowest BCUT2D eigenvalue weighted by atomic mass is 9.91. The number of aliphatic imine (C=N–C) groups is 1. The molecule has 0 fully saturated rings. The van der Waals surface area contributed by atoms with Crippen molar-refractivity contribution in [2.75, 3.05) is 6.61 Å². The van der Waals surface area contributed by atoms with Crippen LogP contribution in [0.1, 0.15) is 13.8 Å². The summed E-state index contributed by atoms with van der Waals surface area (Å²) in [6.07, 6.45) is -3.94. The number of carboxylic acids is 1. The number of carboxylic acid groups (broad SMARTS) is 1. The fraction of sp³-hybridized carbons (Fsp3) is 0.600. The summed E-state index contributed by atoms with van der Waals surface area (Å²) in [6.45, 7) is 1.69. The monoisotopic (exact) mass is 403 g/mol. The molecule has 0 aromatic heterocycles. The summed E-state index contributed by atoms with van der Waals surface area (Å²) >= 11 is 0. The minimum Gasteiger partial charge on any atom is -0.478 e. The van der Waals surface area contributed by atoms with E-state index >= 15 is 0 Å². The highest BCUT2D eigenvalue weighted by Crippen LogP contribution is 2.23. The smallest absolute Gasteiger partial charge is 0.370 e. The standard InChI is InChI=1S/C15H25N5O8/c1-5(18-15(16)17)13(25)20-7-3-9(14(26)27)28-12(10(7)19-6(2)22)11(24)8(23)4-21/h3,5,7-8,10-12,21,23-24H,4H2,1-2H3,(H,19,22)(H,20,25)(H,26,27)(H4,16,17,18)/t5?,7-,8+,10+,11+,12+/m0/s1. The molecule has 0 radical (unpaired) electrons. The predicted molar refractivity (Wildman–Crippen MR) is 94.5 cm³/mol. The number of aliphatic hydroxyl groups excluding tert-OH is 3. The number of rotatable bonds is 8. The van der Waals surface area contributed by atoms with Crippen LogP contribution in [-0.4, -0.2) is 87.2 Å². The molecule has 0 spiro atoms. The molecule has 6 atom stereocenters. The molecule has 0 aliphatic carbocycles. The van der Waals surface area contributed by atoms with E-state index in [2.05, 4.69) is 15.6 Å². The van der Waals surface area contributed by atoms with E-state index in [4.69, 9.17) is 21.3 Å². The van der Waals surface area contributed by atoms with E-state index in [1.54, 1.807) is 0 Å². The van der Waals surface area contributed by atoms with E-state index in [-0.39, 0.29) is 5.96 Å². The van der Waals surface area contributed by atoms with Gasteiger partial charge in [0.05, 0.1) is 18.7 Å². The van der Waals surface area contributed by atoms with Gasteiger partial charge in [-0.05, 0) is 13.0 Å². The van der Waals surface area contributed by atoms with Crippen LogP contribution in [-0.2, 0) is 19.1 Å². The minimum absolute atomic E-state index is 0.339. The van der Waals surface area contributed by atoms with Crippen molar-refractivity contribution in [3.05, 3.63) is 11.8 Å². The van der Waals surface area contributed by atoms with Crippen LogP contribution in [0.15, 0.2) is 16.8 Å². The molecule has 0 aromatic rings. The first-order valence-electron chi connectivity index (χ1n) is 8.22. The second kappa shape index (κ2) is 9.87. The van der Waals surface area contributed by atoms with E-state index in [0.717, 1.165) is 13.0 Å². The second-order valence-corrected chi connectivity index (χ2v) is 6.15. The molecule has 1 rings (SSSR count). The Kier molecular flexibility index (Phi) is 8.16. The van der Waals surface area contributed by atoms with Crippen LogP contribution < -0.4 is 22.1 Å². The van der Waals surface area contributed by atoms with Crippen LogP contribution in [0.25, 0.3) is 0 Å². The molecule has 28 heavy (non-hydrogen) atoms. The Bertz CT molecular complexity index is 663. The summed E-state index contributed by atoms with van der Waals surface area (Å²) in [6, 6.07) is -3.36. The second-order valence-electron chi connectivity index (χ2n) is 6.15. The first-order valence-corrected chi connectivity index (χ1v) is 8.22. The average molecular weight is 403 g/mol. The molecule has 1 heterocycles. The number of hydrogen-bond acceptors (Lipinski definition) is 8. The van der Waals surface area contributed by atoms with Crippen LogP contribution in [0.5, 0.6) is 0 Å². The van der Waals surface area contributed by atoms with Gasteiger partial charge < -0.3 is 47.3 Å². The molecular formula is C15H25N5O8. The topological polar surface area (TPSA) is 230 Å². The third-order valence-electron chi connectivity index (χ3n) is 3.86. The number of nitrogens with one attached hydrogen (secondary N) is 2. The number of aliphatic carboxylic acids is 1. The number of guanidine groups is 1. The van der Waals surface area contributed by atoms with E-state index in [9.17, 15) is 29.7 Å². The Hall–Kier alpha value is -2.90. The Morgan fingerprint density at radius 2 is 1.89 bits per heavy atom. The van der Waals surface area contributed by atoms with Crippen molar-refractivity contribution in [2.24, 2.45) is 16.5 Å². The summed E-state index contributed by atoms with van der Waals surface area (Å²) in [7, 11) is 0. The molecule has 1 aliphatic heterocycles. The normalized spacial score (nSPS) is 24.6. The highest BCUT2D eigenvalue weighted by molar-refractivity contribution is 5.87. The maximum Gasteiger partial charge on any atom is 0.370 e. The van der Waals surface area contributed by atoms with E-state index in [1.165, 1.54) is 6.92 Å². The quantitative estimate of drug-likeness (QED) is 0.143. The van der Waals surface area contributed by atoms with Crippen LogP contribution in [0.3, 0.4) is 0 Å². The number of amides is 2. The molecule has 0 aromatic carbocycles. The Labute approximate surface area is 160 Å². The maximum absolute atomic E-state index is 12.3. The Balaban J connectivity index is 3.27. The summed E-state index contributed by atoms with van der Waals surface area (Å²) in [5, 5.41) is 43.1. The van der Waals surface area contributed by atoms with Gasteiger partial charge in [0.2, 0.25) is 17.6 Å². The van der Waals surface area contributed by atoms with Gasteiger partial charge >= 0.3 is 5.97 Å². The number of nitrogens with two attached hydrogens (primary N) is 2. The van der Waals surface area contributed by atoms with Crippen molar-refractivity contribution in [3.63, 3.8) is 0 Å². The molecule has 2 amide bonds. The van der Waals surface area contributed by atoms with Gasteiger partial charge in [-0.1, -0.05) is 0 Å². The minimum atomic E-state index is -1.78. The van der Waals surface area contributed by atoms with Crippen molar-refractivity contribution in [3.8, 4) is 0 Å². The fourth-order valence-corrected chi connectivity index (χ4v) is 2.57. The lowest BCUT2D eigenvalue weighted by Gasteiger charge is -2.40. The third kappa shape index (κ3) is 6.07. The van der Waals surface area contributed by atoms with E-state index in [0.29, 0.717) is 0 Å². The van der Waals surface area contributed by atoms with Crippen molar-refractivity contribution in [1.29, 1.82) is 0 Å². The summed E-state index contributed by atoms with van der Waals surface area (Å²) in [5.41, 5.74) is 10.5. The summed E-state index contributed by atoms with van der Waals surface area (Å²) in [5.74, 6) is -3.75. The van der Waals surface area contributed by atoms with Crippen LogP contribution in [0, 0.1) is 0 Å². The first kappa shape index (κ1) is 23.1. The lowest BCUT2D eigenvalue weighted by molar-refractivity contribution is -0.147. The van der Waals surface area contributed by atoms with Gasteiger partial charge in [0.25, 0.3) is 0 Å². The fourth-order valence-electron chi connectivity index (χ4n) is 2.57. The number of nitrogens with zero attached hydrogens (tertiary/aromatic N) is 1. The first-order chi connectivity index (χ1) is 13.0. The van der Waals surface area contributed by atoms with Gasteiger partial charge in [-0.15, -0.1) is 0 Å².